The summed E-state index contributed by atoms with van der Waals surface area (Å²) in [5.74, 6) is 0.977. The maximum Gasteiger partial charge on any atom is 0.227 e. The van der Waals surface area contributed by atoms with E-state index in [-0.39, 0.29) is 11.8 Å². The fourth-order valence-electron chi connectivity index (χ4n) is 3.34. The van der Waals surface area contributed by atoms with Crippen LogP contribution >= 0.6 is 0 Å². The predicted molar refractivity (Wildman–Crippen MR) is 104 cm³/mol. The van der Waals surface area contributed by atoms with Crippen LogP contribution in [-0.2, 0) is 22.6 Å². The number of ether oxygens (including phenoxy) is 1. The van der Waals surface area contributed by atoms with Crippen molar-refractivity contribution >= 4 is 11.8 Å². The lowest BCUT2D eigenvalue weighted by molar-refractivity contribution is -0.130. The SMILES string of the molecule is COc1ccc(CN2CCN(C(=O)Cc3cccc(C)c3)CCC2=O)cc1. The van der Waals surface area contributed by atoms with Gasteiger partial charge in [0.1, 0.15) is 5.75 Å². The van der Waals surface area contributed by atoms with Crippen molar-refractivity contribution in [2.24, 2.45) is 0 Å². The minimum Gasteiger partial charge on any atom is -0.497 e. The van der Waals surface area contributed by atoms with Crippen molar-refractivity contribution in [3.05, 3.63) is 65.2 Å². The lowest BCUT2D eigenvalue weighted by Gasteiger charge is -2.22. The average Bonchev–Trinajstić information content (AvgIpc) is 2.84. The standard InChI is InChI=1S/C22H26N2O3/c1-17-4-3-5-19(14-17)15-22(26)23-11-10-21(25)24(13-12-23)16-18-6-8-20(27-2)9-7-18/h3-9,14H,10-13,15-16H2,1-2H3. The Bertz CT molecular complexity index is 801. The average molecular weight is 366 g/mol. The first-order valence-electron chi connectivity index (χ1n) is 9.29. The lowest BCUT2D eigenvalue weighted by atomic mass is 10.1. The maximum absolute atomic E-state index is 12.7. The summed E-state index contributed by atoms with van der Waals surface area (Å²) in [5.41, 5.74) is 3.23. The minimum atomic E-state index is 0.0831. The molecular formula is C22H26N2O3. The van der Waals surface area contributed by atoms with Gasteiger partial charge in [0.2, 0.25) is 11.8 Å². The van der Waals surface area contributed by atoms with E-state index >= 15 is 0 Å². The molecule has 0 bridgehead atoms. The van der Waals surface area contributed by atoms with Crippen LogP contribution in [0, 0.1) is 6.92 Å². The highest BCUT2D eigenvalue weighted by Gasteiger charge is 2.24. The summed E-state index contributed by atoms with van der Waals surface area (Å²) in [6, 6.07) is 15.7. The molecule has 2 aromatic rings. The van der Waals surface area contributed by atoms with Crippen molar-refractivity contribution in [3.8, 4) is 5.75 Å². The number of nitrogens with zero attached hydrogens (tertiary/aromatic N) is 2. The van der Waals surface area contributed by atoms with Crippen LogP contribution in [0.5, 0.6) is 5.75 Å². The fourth-order valence-corrected chi connectivity index (χ4v) is 3.34. The largest absolute Gasteiger partial charge is 0.497 e. The number of carbonyl (C=O) groups is 2. The molecule has 0 unspecified atom stereocenters. The molecule has 1 aliphatic rings. The van der Waals surface area contributed by atoms with Crippen molar-refractivity contribution in [2.45, 2.75) is 26.3 Å². The van der Waals surface area contributed by atoms with Gasteiger partial charge >= 0.3 is 0 Å². The van der Waals surface area contributed by atoms with Crippen molar-refractivity contribution in [2.75, 3.05) is 26.7 Å². The zero-order chi connectivity index (χ0) is 19.2. The summed E-state index contributed by atoms with van der Waals surface area (Å²) in [7, 11) is 1.63. The number of aryl methyl sites for hydroxylation is 1. The molecule has 0 radical (unpaired) electrons. The third kappa shape index (κ3) is 5.09. The fraction of sp³-hybridized carbons (Fsp3) is 0.364. The molecule has 27 heavy (non-hydrogen) atoms. The zero-order valence-electron chi connectivity index (χ0n) is 16.0. The van der Waals surface area contributed by atoms with Gasteiger partial charge in [-0.15, -0.1) is 0 Å². The molecule has 2 amide bonds. The van der Waals surface area contributed by atoms with Crippen LogP contribution in [0.1, 0.15) is 23.1 Å². The molecule has 0 saturated carbocycles. The molecule has 1 saturated heterocycles. The van der Waals surface area contributed by atoms with E-state index in [1.165, 1.54) is 0 Å². The molecule has 0 N–H and O–H groups in total. The van der Waals surface area contributed by atoms with E-state index in [0.717, 1.165) is 22.4 Å². The minimum absolute atomic E-state index is 0.0831. The Morgan fingerprint density at radius 3 is 2.52 bits per heavy atom. The van der Waals surface area contributed by atoms with Gasteiger partial charge in [0.25, 0.3) is 0 Å². The third-order valence-electron chi connectivity index (χ3n) is 4.91. The van der Waals surface area contributed by atoms with E-state index in [1.54, 1.807) is 7.11 Å². The Hall–Kier alpha value is -2.82. The summed E-state index contributed by atoms with van der Waals surface area (Å²) in [6.07, 6.45) is 0.754. The second kappa shape index (κ2) is 8.71. The van der Waals surface area contributed by atoms with Gasteiger partial charge in [-0.25, -0.2) is 0 Å². The van der Waals surface area contributed by atoms with Crippen molar-refractivity contribution in [3.63, 3.8) is 0 Å². The molecule has 2 aromatic carbocycles. The first kappa shape index (κ1) is 19.0. The first-order valence-corrected chi connectivity index (χ1v) is 9.29. The Balaban J connectivity index is 1.59. The molecule has 5 heteroatoms. The van der Waals surface area contributed by atoms with Gasteiger partial charge in [0.05, 0.1) is 13.5 Å². The van der Waals surface area contributed by atoms with Gasteiger partial charge in [0, 0.05) is 32.6 Å². The molecular weight excluding hydrogens is 340 g/mol. The van der Waals surface area contributed by atoms with Crippen LogP contribution in [0.15, 0.2) is 48.5 Å². The van der Waals surface area contributed by atoms with E-state index in [1.807, 2.05) is 65.3 Å². The molecule has 142 valence electrons. The predicted octanol–water partition coefficient (Wildman–Crippen LogP) is 2.81. The molecule has 0 aromatic heterocycles. The van der Waals surface area contributed by atoms with Crippen molar-refractivity contribution in [1.82, 2.24) is 9.80 Å². The normalized spacial score (nSPS) is 14.8. The van der Waals surface area contributed by atoms with Crippen molar-refractivity contribution < 1.29 is 14.3 Å². The van der Waals surface area contributed by atoms with Gasteiger partial charge in [0.15, 0.2) is 0 Å². The van der Waals surface area contributed by atoms with E-state index in [9.17, 15) is 9.59 Å². The number of hydrogen-bond donors (Lipinski definition) is 0. The molecule has 5 nitrogen and oxygen atoms in total. The summed E-state index contributed by atoms with van der Waals surface area (Å²) in [5, 5.41) is 0. The highest BCUT2D eigenvalue weighted by atomic mass is 16.5. The molecule has 1 aliphatic heterocycles. The van der Waals surface area contributed by atoms with Gasteiger partial charge in [-0.2, -0.15) is 0 Å². The molecule has 0 atom stereocenters. The summed E-state index contributed by atoms with van der Waals surface area (Å²) < 4.78 is 5.17. The smallest absolute Gasteiger partial charge is 0.227 e. The second-order valence-corrected chi connectivity index (χ2v) is 6.96. The van der Waals surface area contributed by atoms with Gasteiger partial charge < -0.3 is 14.5 Å². The second-order valence-electron chi connectivity index (χ2n) is 6.96. The van der Waals surface area contributed by atoms with Crippen LogP contribution in [0.3, 0.4) is 0 Å². The Labute approximate surface area is 160 Å². The van der Waals surface area contributed by atoms with Gasteiger partial charge in [-0.05, 0) is 30.2 Å². The Morgan fingerprint density at radius 2 is 1.81 bits per heavy atom. The van der Waals surface area contributed by atoms with Crippen molar-refractivity contribution in [1.29, 1.82) is 0 Å². The van der Waals surface area contributed by atoms with Crippen LogP contribution in [0.4, 0.5) is 0 Å². The number of amides is 2. The van der Waals surface area contributed by atoms with Crippen LogP contribution in [0.2, 0.25) is 0 Å². The molecule has 0 aliphatic carbocycles. The highest BCUT2D eigenvalue weighted by Crippen LogP contribution is 2.15. The third-order valence-corrected chi connectivity index (χ3v) is 4.91. The Morgan fingerprint density at radius 1 is 1.04 bits per heavy atom. The number of carbonyl (C=O) groups excluding carboxylic acids is 2. The zero-order valence-corrected chi connectivity index (χ0v) is 16.0. The van der Waals surface area contributed by atoms with E-state index in [2.05, 4.69) is 0 Å². The number of benzene rings is 2. The van der Waals surface area contributed by atoms with Crippen LogP contribution in [0.25, 0.3) is 0 Å². The number of methoxy groups -OCH3 is 1. The van der Waals surface area contributed by atoms with Gasteiger partial charge in [-0.3, -0.25) is 9.59 Å². The summed E-state index contributed by atoms with van der Waals surface area (Å²) in [6.45, 7) is 4.21. The van der Waals surface area contributed by atoms with E-state index < -0.39 is 0 Å². The van der Waals surface area contributed by atoms with Gasteiger partial charge in [-0.1, -0.05) is 42.0 Å². The molecule has 0 spiro atoms. The van der Waals surface area contributed by atoms with E-state index in [4.69, 9.17) is 4.74 Å². The summed E-state index contributed by atoms with van der Waals surface area (Å²) >= 11 is 0. The first-order chi connectivity index (χ1) is 13.0. The molecule has 1 heterocycles. The Kier molecular flexibility index (Phi) is 6.12. The molecule has 3 rings (SSSR count). The van der Waals surface area contributed by atoms with Crippen LogP contribution < -0.4 is 4.74 Å². The molecule has 1 fully saturated rings. The summed E-state index contributed by atoms with van der Waals surface area (Å²) in [4.78, 5) is 28.8. The van der Waals surface area contributed by atoms with Crippen LogP contribution in [-0.4, -0.2) is 48.4 Å². The van der Waals surface area contributed by atoms with E-state index in [0.29, 0.717) is 39.0 Å². The monoisotopic (exact) mass is 366 g/mol. The number of hydrogen-bond acceptors (Lipinski definition) is 3. The highest BCUT2D eigenvalue weighted by molar-refractivity contribution is 5.81. The number of rotatable bonds is 5. The maximum atomic E-state index is 12.7. The quantitative estimate of drug-likeness (QED) is 0.818. The lowest BCUT2D eigenvalue weighted by Crippen LogP contribution is -2.36. The topological polar surface area (TPSA) is 49.9 Å².